The first-order valence-corrected chi connectivity index (χ1v) is 7.25. The standard InChI is InChI=1S/C18H14F3NO2/c1-11-4-2-3-5-13(11)12-6-7-14-15(17(23)24)9-22(16(14)8-12)10-18(19,20)21/h2-9H,10H2,1H3,(H,23,24). The van der Waals surface area contributed by atoms with Crippen molar-refractivity contribution in [1.82, 2.24) is 4.57 Å². The quantitative estimate of drug-likeness (QED) is 0.742. The molecule has 3 aromatic rings. The van der Waals surface area contributed by atoms with Gasteiger partial charge in [0.2, 0.25) is 0 Å². The Balaban J connectivity index is 2.22. The summed E-state index contributed by atoms with van der Waals surface area (Å²) >= 11 is 0. The molecule has 0 saturated heterocycles. The van der Waals surface area contributed by atoms with Crippen molar-refractivity contribution in [1.29, 1.82) is 0 Å². The first-order valence-electron chi connectivity index (χ1n) is 7.25. The minimum Gasteiger partial charge on any atom is -0.478 e. The van der Waals surface area contributed by atoms with Gasteiger partial charge in [0.25, 0.3) is 0 Å². The molecule has 6 heteroatoms. The maximum Gasteiger partial charge on any atom is 0.406 e. The van der Waals surface area contributed by atoms with Gasteiger partial charge in [0.05, 0.1) is 5.56 Å². The Morgan fingerprint density at radius 2 is 1.88 bits per heavy atom. The number of hydrogen-bond acceptors (Lipinski definition) is 1. The molecule has 0 amide bonds. The maximum absolute atomic E-state index is 12.8. The number of aryl methyl sites for hydroxylation is 1. The van der Waals surface area contributed by atoms with Crippen LogP contribution in [0.1, 0.15) is 15.9 Å². The molecule has 0 radical (unpaired) electrons. The molecular weight excluding hydrogens is 319 g/mol. The Morgan fingerprint density at radius 1 is 1.17 bits per heavy atom. The molecule has 0 aliphatic heterocycles. The molecule has 124 valence electrons. The van der Waals surface area contributed by atoms with E-state index in [1.807, 2.05) is 31.2 Å². The van der Waals surface area contributed by atoms with Crippen LogP contribution in [-0.4, -0.2) is 21.8 Å². The molecule has 0 spiro atoms. The largest absolute Gasteiger partial charge is 0.478 e. The number of halogens is 3. The highest BCUT2D eigenvalue weighted by molar-refractivity contribution is 6.04. The molecule has 0 bridgehead atoms. The van der Waals surface area contributed by atoms with Gasteiger partial charge in [-0.25, -0.2) is 4.79 Å². The fourth-order valence-corrected chi connectivity index (χ4v) is 2.85. The van der Waals surface area contributed by atoms with Crippen LogP contribution in [0.15, 0.2) is 48.7 Å². The predicted molar refractivity (Wildman–Crippen MR) is 85.1 cm³/mol. The number of carboxylic acid groups (broad SMARTS) is 1. The van der Waals surface area contributed by atoms with Gasteiger partial charge < -0.3 is 9.67 Å². The molecule has 1 aromatic heterocycles. The van der Waals surface area contributed by atoms with E-state index in [9.17, 15) is 23.1 Å². The highest BCUT2D eigenvalue weighted by Crippen LogP contribution is 2.31. The van der Waals surface area contributed by atoms with Gasteiger partial charge in [0, 0.05) is 17.1 Å². The van der Waals surface area contributed by atoms with Crippen molar-refractivity contribution in [2.24, 2.45) is 0 Å². The molecule has 24 heavy (non-hydrogen) atoms. The Morgan fingerprint density at radius 3 is 2.50 bits per heavy atom. The van der Waals surface area contributed by atoms with E-state index in [2.05, 4.69) is 0 Å². The first-order chi connectivity index (χ1) is 11.3. The highest BCUT2D eigenvalue weighted by atomic mass is 19.4. The lowest BCUT2D eigenvalue weighted by molar-refractivity contribution is -0.139. The second-order valence-corrected chi connectivity index (χ2v) is 5.64. The van der Waals surface area contributed by atoms with Crippen molar-refractivity contribution >= 4 is 16.9 Å². The number of benzene rings is 2. The van der Waals surface area contributed by atoms with Crippen molar-refractivity contribution in [3.05, 3.63) is 59.8 Å². The van der Waals surface area contributed by atoms with E-state index in [1.54, 1.807) is 18.2 Å². The Labute approximate surface area is 136 Å². The lowest BCUT2D eigenvalue weighted by atomic mass is 9.99. The summed E-state index contributed by atoms with van der Waals surface area (Å²) in [5.41, 5.74) is 2.76. The third-order valence-corrected chi connectivity index (χ3v) is 3.92. The van der Waals surface area contributed by atoms with E-state index < -0.39 is 18.7 Å². The van der Waals surface area contributed by atoms with E-state index in [0.29, 0.717) is 5.39 Å². The Kier molecular flexibility index (Phi) is 3.83. The van der Waals surface area contributed by atoms with Crippen LogP contribution >= 0.6 is 0 Å². The summed E-state index contributed by atoms with van der Waals surface area (Å²) in [6.45, 7) is 0.685. The fraction of sp³-hybridized carbons (Fsp3) is 0.167. The van der Waals surface area contributed by atoms with Crippen LogP contribution in [0.4, 0.5) is 13.2 Å². The van der Waals surface area contributed by atoms with Crippen molar-refractivity contribution < 1.29 is 23.1 Å². The minimum atomic E-state index is -4.43. The highest BCUT2D eigenvalue weighted by Gasteiger charge is 2.29. The molecule has 3 rings (SSSR count). The summed E-state index contributed by atoms with van der Waals surface area (Å²) in [5.74, 6) is -1.25. The van der Waals surface area contributed by atoms with Gasteiger partial charge in [-0.05, 0) is 29.7 Å². The smallest absolute Gasteiger partial charge is 0.406 e. The van der Waals surface area contributed by atoms with Gasteiger partial charge in [-0.3, -0.25) is 0 Å². The van der Waals surface area contributed by atoms with Gasteiger partial charge in [-0.1, -0.05) is 36.4 Å². The topological polar surface area (TPSA) is 42.2 Å². The van der Waals surface area contributed by atoms with Crippen LogP contribution in [0.2, 0.25) is 0 Å². The summed E-state index contributed by atoms with van der Waals surface area (Å²) < 4.78 is 39.3. The number of fused-ring (bicyclic) bond motifs is 1. The third kappa shape index (κ3) is 2.99. The van der Waals surface area contributed by atoms with Crippen molar-refractivity contribution in [3.63, 3.8) is 0 Å². The Bertz CT molecular complexity index is 926. The molecule has 3 nitrogen and oxygen atoms in total. The van der Waals surface area contributed by atoms with E-state index in [4.69, 9.17) is 0 Å². The second kappa shape index (κ2) is 5.70. The summed E-state index contributed by atoms with van der Waals surface area (Å²) in [7, 11) is 0. The number of carbonyl (C=O) groups is 1. The molecule has 1 heterocycles. The number of carboxylic acids is 1. The number of hydrogen-bond donors (Lipinski definition) is 1. The molecule has 0 aliphatic rings. The monoisotopic (exact) mass is 333 g/mol. The molecule has 0 aliphatic carbocycles. The summed E-state index contributed by atoms with van der Waals surface area (Å²) in [4.78, 5) is 11.3. The molecule has 0 saturated carbocycles. The van der Waals surface area contributed by atoms with Gasteiger partial charge in [0.1, 0.15) is 6.54 Å². The number of aromatic nitrogens is 1. The molecule has 2 aromatic carbocycles. The van der Waals surface area contributed by atoms with Crippen molar-refractivity contribution in [2.75, 3.05) is 0 Å². The zero-order valence-electron chi connectivity index (χ0n) is 12.8. The third-order valence-electron chi connectivity index (χ3n) is 3.92. The summed E-state index contributed by atoms with van der Waals surface area (Å²) in [6.07, 6.45) is -3.39. The molecular formula is C18H14F3NO2. The van der Waals surface area contributed by atoms with E-state index >= 15 is 0 Å². The molecule has 1 N–H and O–H groups in total. The van der Waals surface area contributed by atoms with Crippen molar-refractivity contribution in [3.8, 4) is 11.1 Å². The van der Waals surface area contributed by atoms with Crippen LogP contribution in [0, 0.1) is 6.92 Å². The average Bonchev–Trinajstić information content (AvgIpc) is 2.84. The zero-order valence-corrected chi connectivity index (χ0v) is 12.8. The molecule has 0 unspecified atom stereocenters. The van der Waals surface area contributed by atoms with Crippen LogP contribution in [-0.2, 0) is 6.54 Å². The van der Waals surface area contributed by atoms with Crippen LogP contribution in [0.3, 0.4) is 0 Å². The van der Waals surface area contributed by atoms with Gasteiger partial charge in [0.15, 0.2) is 0 Å². The van der Waals surface area contributed by atoms with Crippen LogP contribution < -0.4 is 0 Å². The van der Waals surface area contributed by atoms with E-state index in [-0.39, 0.29) is 11.1 Å². The summed E-state index contributed by atoms with van der Waals surface area (Å²) in [6, 6.07) is 12.4. The number of nitrogens with zero attached hydrogens (tertiary/aromatic N) is 1. The van der Waals surface area contributed by atoms with Gasteiger partial charge in [-0.15, -0.1) is 0 Å². The van der Waals surface area contributed by atoms with E-state index in [0.717, 1.165) is 27.5 Å². The van der Waals surface area contributed by atoms with Crippen molar-refractivity contribution in [2.45, 2.75) is 19.6 Å². The summed E-state index contributed by atoms with van der Waals surface area (Å²) in [5, 5.41) is 9.53. The minimum absolute atomic E-state index is 0.134. The number of rotatable bonds is 3. The normalized spacial score (nSPS) is 11.8. The predicted octanol–water partition coefficient (Wildman–Crippen LogP) is 4.88. The Hall–Kier alpha value is -2.76. The average molecular weight is 333 g/mol. The van der Waals surface area contributed by atoms with Crippen LogP contribution in [0.5, 0.6) is 0 Å². The first kappa shape index (κ1) is 16.1. The maximum atomic E-state index is 12.8. The van der Waals surface area contributed by atoms with Gasteiger partial charge >= 0.3 is 12.1 Å². The van der Waals surface area contributed by atoms with Crippen LogP contribution in [0.25, 0.3) is 22.0 Å². The lowest BCUT2D eigenvalue weighted by Crippen LogP contribution is -2.16. The SMILES string of the molecule is Cc1ccccc1-c1ccc2c(C(=O)O)cn(CC(F)(F)F)c2c1. The second-order valence-electron chi connectivity index (χ2n) is 5.64. The molecule has 0 fully saturated rings. The lowest BCUT2D eigenvalue weighted by Gasteiger charge is -2.10. The number of alkyl halides is 3. The zero-order chi connectivity index (χ0) is 17.5. The van der Waals surface area contributed by atoms with E-state index in [1.165, 1.54) is 0 Å². The fourth-order valence-electron chi connectivity index (χ4n) is 2.85. The van der Waals surface area contributed by atoms with Gasteiger partial charge in [-0.2, -0.15) is 13.2 Å². The number of aromatic carboxylic acids is 1. The molecule has 0 atom stereocenters.